The molecule has 0 bridgehead atoms. The van der Waals surface area contributed by atoms with Gasteiger partial charge in [-0.1, -0.05) is 6.07 Å². The van der Waals surface area contributed by atoms with E-state index < -0.39 is 21.8 Å². The fourth-order valence-corrected chi connectivity index (χ4v) is 4.06. The van der Waals surface area contributed by atoms with Crippen LogP contribution in [0.1, 0.15) is 12.0 Å². The van der Waals surface area contributed by atoms with Crippen molar-refractivity contribution in [1.29, 1.82) is 0 Å². The predicted octanol–water partition coefficient (Wildman–Crippen LogP) is 0.164. The molecule has 0 aliphatic carbocycles. The summed E-state index contributed by atoms with van der Waals surface area (Å²) in [7, 11) is -1.66. The number of methoxy groups -OCH3 is 1. The number of carboxylic acids is 1. The molecule has 1 atom stereocenters. The lowest BCUT2D eigenvalue weighted by molar-refractivity contribution is -0.138. The Morgan fingerprint density at radius 2 is 2.33 bits per heavy atom. The minimum Gasteiger partial charge on any atom is -0.481 e. The standard InChI is InChI=1S/C13H18N2O5S/c1-20-13-10(3-2-4-14-13)8-15-5-6-21(18,19)9-11(15)7-12(16)17/h2-4,11H,5-9H2,1H3,(H,16,17). The van der Waals surface area contributed by atoms with Gasteiger partial charge in [0, 0.05) is 30.9 Å². The first-order valence-corrected chi connectivity index (χ1v) is 8.37. The van der Waals surface area contributed by atoms with Crippen molar-refractivity contribution in [2.24, 2.45) is 0 Å². The van der Waals surface area contributed by atoms with Crippen LogP contribution < -0.4 is 4.74 Å². The molecule has 1 N–H and O–H groups in total. The smallest absolute Gasteiger partial charge is 0.304 e. The van der Waals surface area contributed by atoms with Gasteiger partial charge in [-0.2, -0.15) is 0 Å². The topological polar surface area (TPSA) is 96.8 Å². The molecule has 1 aliphatic heterocycles. The third-order valence-corrected chi connectivity index (χ3v) is 5.18. The molecule has 2 rings (SSSR count). The number of rotatable bonds is 5. The highest BCUT2D eigenvalue weighted by molar-refractivity contribution is 7.91. The van der Waals surface area contributed by atoms with E-state index in [0.29, 0.717) is 19.0 Å². The van der Waals surface area contributed by atoms with Crippen LogP contribution in [-0.4, -0.2) is 60.6 Å². The Morgan fingerprint density at radius 3 is 3.00 bits per heavy atom. The van der Waals surface area contributed by atoms with E-state index in [-0.39, 0.29) is 17.9 Å². The Balaban J connectivity index is 2.18. The van der Waals surface area contributed by atoms with Gasteiger partial charge in [-0.15, -0.1) is 0 Å². The molecule has 1 unspecified atom stereocenters. The van der Waals surface area contributed by atoms with Gasteiger partial charge in [0.25, 0.3) is 0 Å². The van der Waals surface area contributed by atoms with Crippen molar-refractivity contribution >= 4 is 15.8 Å². The molecule has 1 fully saturated rings. The first-order valence-electron chi connectivity index (χ1n) is 6.55. The number of carboxylic acid groups (broad SMARTS) is 1. The van der Waals surface area contributed by atoms with E-state index in [0.717, 1.165) is 5.56 Å². The lowest BCUT2D eigenvalue weighted by Gasteiger charge is -2.34. The van der Waals surface area contributed by atoms with Crippen molar-refractivity contribution in [1.82, 2.24) is 9.88 Å². The molecule has 1 aliphatic rings. The van der Waals surface area contributed by atoms with E-state index in [1.54, 1.807) is 12.3 Å². The number of ether oxygens (including phenoxy) is 1. The van der Waals surface area contributed by atoms with Crippen molar-refractivity contribution in [2.45, 2.75) is 19.0 Å². The molecule has 0 aromatic carbocycles. The summed E-state index contributed by atoms with van der Waals surface area (Å²) < 4.78 is 28.6. The molecule has 0 spiro atoms. The fraction of sp³-hybridized carbons (Fsp3) is 0.538. The van der Waals surface area contributed by atoms with Crippen LogP contribution in [0.3, 0.4) is 0 Å². The average molecular weight is 314 g/mol. The number of hydrogen-bond donors (Lipinski definition) is 1. The molecule has 7 nitrogen and oxygen atoms in total. The first kappa shape index (κ1) is 15.7. The lowest BCUT2D eigenvalue weighted by Crippen LogP contribution is -2.48. The average Bonchev–Trinajstić information content (AvgIpc) is 2.41. The molecular weight excluding hydrogens is 296 g/mol. The summed E-state index contributed by atoms with van der Waals surface area (Å²) in [4.78, 5) is 16.9. The van der Waals surface area contributed by atoms with Crippen molar-refractivity contribution < 1.29 is 23.1 Å². The van der Waals surface area contributed by atoms with Crippen LogP contribution in [0, 0.1) is 0 Å². The normalized spacial score (nSPS) is 21.9. The Bertz CT molecular complexity index is 617. The van der Waals surface area contributed by atoms with Gasteiger partial charge < -0.3 is 9.84 Å². The van der Waals surface area contributed by atoms with Crippen LogP contribution >= 0.6 is 0 Å². The van der Waals surface area contributed by atoms with Crippen molar-refractivity contribution in [2.75, 3.05) is 25.2 Å². The largest absolute Gasteiger partial charge is 0.481 e. The first-order chi connectivity index (χ1) is 9.91. The Kier molecular flexibility index (Phi) is 4.79. The number of aliphatic carboxylic acids is 1. The Hall–Kier alpha value is -1.67. The molecule has 116 valence electrons. The van der Waals surface area contributed by atoms with E-state index >= 15 is 0 Å². The molecule has 0 saturated carbocycles. The molecule has 1 aromatic heterocycles. The summed E-state index contributed by atoms with van der Waals surface area (Å²) in [5.41, 5.74) is 0.815. The van der Waals surface area contributed by atoms with Gasteiger partial charge in [0.05, 0.1) is 25.0 Å². The maximum absolute atomic E-state index is 11.7. The van der Waals surface area contributed by atoms with Crippen LogP contribution in [0.5, 0.6) is 5.88 Å². The van der Waals surface area contributed by atoms with Gasteiger partial charge >= 0.3 is 5.97 Å². The highest BCUT2D eigenvalue weighted by Gasteiger charge is 2.33. The van der Waals surface area contributed by atoms with E-state index in [2.05, 4.69) is 4.98 Å². The maximum Gasteiger partial charge on any atom is 0.304 e. The zero-order chi connectivity index (χ0) is 15.5. The molecule has 2 heterocycles. The molecule has 8 heteroatoms. The molecule has 1 aromatic rings. The predicted molar refractivity (Wildman–Crippen MR) is 75.9 cm³/mol. The number of aromatic nitrogens is 1. The second-order valence-electron chi connectivity index (χ2n) is 5.01. The third-order valence-electron chi connectivity index (χ3n) is 3.48. The van der Waals surface area contributed by atoms with Crippen LogP contribution in [0.25, 0.3) is 0 Å². The summed E-state index contributed by atoms with van der Waals surface area (Å²) in [6.45, 7) is 0.739. The van der Waals surface area contributed by atoms with Crippen LogP contribution in [0.4, 0.5) is 0 Å². The van der Waals surface area contributed by atoms with Gasteiger partial charge in [0.1, 0.15) is 0 Å². The number of nitrogens with zero attached hydrogens (tertiary/aromatic N) is 2. The quantitative estimate of drug-likeness (QED) is 0.827. The van der Waals surface area contributed by atoms with E-state index in [1.807, 2.05) is 11.0 Å². The molecule has 1 saturated heterocycles. The number of carbonyl (C=O) groups is 1. The molecule has 21 heavy (non-hydrogen) atoms. The monoisotopic (exact) mass is 314 g/mol. The highest BCUT2D eigenvalue weighted by Crippen LogP contribution is 2.22. The zero-order valence-electron chi connectivity index (χ0n) is 11.7. The van der Waals surface area contributed by atoms with Gasteiger partial charge in [-0.05, 0) is 6.07 Å². The molecule has 0 radical (unpaired) electrons. The van der Waals surface area contributed by atoms with Crippen LogP contribution in [0.15, 0.2) is 18.3 Å². The van der Waals surface area contributed by atoms with Gasteiger partial charge in [0.2, 0.25) is 5.88 Å². The summed E-state index contributed by atoms with van der Waals surface area (Å²) in [5.74, 6) is -0.603. The second kappa shape index (κ2) is 6.40. The highest BCUT2D eigenvalue weighted by atomic mass is 32.2. The van der Waals surface area contributed by atoms with Gasteiger partial charge in [0.15, 0.2) is 9.84 Å². The van der Waals surface area contributed by atoms with Crippen molar-refractivity contribution in [3.05, 3.63) is 23.9 Å². The van der Waals surface area contributed by atoms with E-state index in [4.69, 9.17) is 9.84 Å². The van der Waals surface area contributed by atoms with Crippen molar-refractivity contribution in [3.8, 4) is 5.88 Å². The minimum absolute atomic E-state index is 0.0473. The van der Waals surface area contributed by atoms with Gasteiger partial charge in [-0.3, -0.25) is 9.69 Å². The van der Waals surface area contributed by atoms with Crippen molar-refractivity contribution in [3.63, 3.8) is 0 Å². The van der Waals surface area contributed by atoms with Crippen LogP contribution in [0.2, 0.25) is 0 Å². The summed E-state index contributed by atoms with van der Waals surface area (Å²) >= 11 is 0. The lowest BCUT2D eigenvalue weighted by atomic mass is 10.1. The van der Waals surface area contributed by atoms with Gasteiger partial charge in [-0.25, -0.2) is 13.4 Å². The fourth-order valence-electron chi connectivity index (χ4n) is 2.47. The minimum atomic E-state index is -3.17. The van der Waals surface area contributed by atoms with E-state index in [1.165, 1.54) is 7.11 Å². The SMILES string of the molecule is COc1ncccc1CN1CCS(=O)(=O)CC1CC(=O)O. The Labute approximate surface area is 123 Å². The van der Waals surface area contributed by atoms with E-state index in [9.17, 15) is 13.2 Å². The molecular formula is C13H18N2O5S. The summed E-state index contributed by atoms with van der Waals surface area (Å²) in [5, 5.41) is 8.96. The number of sulfone groups is 1. The third kappa shape index (κ3) is 4.15. The van der Waals surface area contributed by atoms with Crippen LogP contribution in [-0.2, 0) is 21.2 Å². The second-order valence-corrected chi connectivity index (χ2v) is 7.24. The Morgan fingerprint density at radius 1 is 1.57 bits per heavy atom. The molecule has 0 amide bonds. The maximum atomic E-state index is 11.7. The zero-order valence-corrected chi connectivity index (χ0v) is 12.5. The summed E-state index contributed by atoms with van der Waals surface area (Å²) in [6, 6.07) is 3.09. The number of hydrogen-bond acceptors (Lipinski definition) is 6. The summed E-state index contributed by atoms with van der Waals surface area (Å²) in [6.07, 6.45) is 1.42. The number of pyridine rings is 1.